The van der Waals surface area contributed by atoms with Crippen LogP contribution in [0.1, 0.15) is 6.92 Å². The summed E-state index contributed by atoms with van der Waals surface area (Å²) in [5, 5.41) is 6.17. The summed E-state index contributed by atoms with van der Waals surface area (Å²) in [5.41, 5.74) is 0.907. The minimum atomic E-state index is -0.826. The Morgan fingerprint density at radius 1 is 1.08 bits per heavy atom. The van der Waals surface area contributed by atoms with Gasteiger partial charge in [-0.2, -0.15) is 0 Å². The van der Waals surface area contributed by atoms with Gasteiger partial charge in [-0.25, -0.2) is 0 Å². The lowest BCUT2D eigenvalue weighted by Crippen LogP contribution is -2.30. The largest absolute Gasteiger partial charge is 0.479 e. The van der Waals surface area contributed by atoms with E-state index in [1.54, 1.807) is 49.4 Å². The van der Waals surface area contributed by atoms with Crippen molar-refractivity contribution in [1.82, 2.24) is 0 Å². The summed E-state index contributed by atoms with van der Waals surface area (Å²) in [7, 11) is 1.43. The number of carbonyl (C=O) groups excluding carboxylic acids is 2. The number of para-hydroxylation sites is 2. The maximum atomic E-state index is 12.3. The van der Waals surface area contributed by atoms with Crippen molar-refractivity contribution in [1.29, 1.82) is 0 Å². The number of methoxy groups -OCH3 is 1. The lowest BCUT2D eigenvalue weighted by molar-refractivity contribution is -0.122. The van der Waals surface area contributed by atoms with E-state index in [0.29, 0.717) is 27.2 Å². The Balaban J connectivity index is 2.05. The fraction of sp³-hybridized carbons (Fsp3) is 0.222. The standard InChI is InChI=1S/C18H18Cl2N2O4/c1-11(18(24)21-14-8-12(19)7-13(20)9-14)26-16-6-4-3-5-15(16)22-17(23)10-25-2/h3-9,11H,10H2,1-2H3,(H,21,24)(H,22,23). The number of hydrogen-bond acceptors (Lipinski definition) is 4. The molecule has 1 atom stereocenters. The second-order valence-corrected chi connectivity index (χ2v) is 6.26. The second kappa shape index (κ2) is 9.43. The maximum absolute atomic E-state index is 12.3. The first kappa shape index (κ1) is 20.0. The molecule has 8 heteroatoms. The summed E-state index contributed by atoms with van der Waals surface area (Å²) in [5.74, 6) is -0.348. The molecule has 0 saturated heterocycles. The van der Waals surface area contributed by atoms with Crippen LogP contribution in [0.5, 0.6) is 5.75 Å². The molecular weight excluding hydrogens is 379 g/mol. The van der Waals surface area contributed by atoms with E-state index in [2.05, 4.69) is 10.6 Å². The molecule has 2 aromatic carbocycles. The molecule has 1 unspecified atom stereocenters. The van der Waals surface area contributed by atoms with E-state index in [1.807, 2.05) is 0 Å². The lowest BCUT2D eigenvalue weighted by atomic mass is 10.2. The van der Waals surface area contributed by atoms with Gasteiger partial charge >= 0.3 is 0 Å². The Kier molecular flexibility index (Phi) is 7.26. The summed E-state index contributed by atoms with van der Waals surface area (Å²) in [6.45, 7) is 1.51. The first-order chi connectivity index (χ1) is 12.4. The van der Waals surface area contributed by atoms with Crippen molar-refractivity contribution in [2.45, 2.75) is 13.0 Å². The Bertz CT molecular complexity index is 778. The van der Waals surface area contributed by atoms with Gasteiger partial charge in [-0.15, -0.1) is 0 Å². The highest BCUT2D eigenvalue weighted by Gasteiger charge is 2.17. The fourth-order valence-corrected chi connectivity index (χ4v) is 2.63. The molecule has 0 aliphatic carbocycles. The van der Waals surface area contributed by atoms with Crippen molar-refractivity contribution in [3.8, 4) is 5.75 Å². The van der Waals surface area contributed by atoms with Crippen LogP contribution in [-0.4, -0.2) is 31.6 Å². The van der Waals surface area contributed by atoms with Crippen LogP contribution in [0.25, 0.3) is 0 Å². The van der Waals surface area contributed by atoms with E-state index in [4.69, 9.17) is 32.7 Å². The third-order valence-corrected chi connectivity index (χ3v) is 3.68. The van der Waals surface area contributed by atoms with Crippen molar-refractivity contribution in [2.24, 2.45) is 0 Å². The van der Waals surface area contributed by atoms with Gasteiger partial charge in [-0.3, -0.25) is 9.59 Å². The molecular formula is C18H18Cl2N2O4. The minimum Gasteiger partial charge on any atom is -0.479 e. The summed E-state index contributed by atoms with van der Waals surface area (Å²) in [6.07, 6.45) is -0.826. The second-order valence-electron chi connectivity index (χ2n) is 5.38. The SMILES string of the molecule is COCC(=O)Nc1ccccc1OC(C)C(=O)Nc1cc(Cl)cc(Cl)c1. The number of ether oxygens (including phenoxy) is 2. The topological polar surface area (TPSA) is 76.7 Å². The monoisotopic (exact) mass is 396 g/mol. The van der Waals surface area contributed by atoms with E-state index >= 15 is 0 Å². The number of amides is 2. The van der Waals surface area contributed by atoms with E-state index in [-0.39, 0.29) is 18.4 Å². The van der Waals surface area contributed by atoms with Gasteiger partial charge in [0.25, 0.3) is 5.91 Å². The fourth-order valence-electron chi connectivity index (χ4n) is 2.10. The van der Waals surface area contributed by atoms with Gasteiger partial charge in [0.15, 0.2) is 6.10 Å². The highest BCUT2D eigenvalue weighted by Crippen LogP contribution is 2.26. The molecule has 0 heterocycles. The molecule has 0 bridgehead atoms. The maximum Gasteiger partial charge on any atom is 0.265 e. The number of halogens is 2. The highest BCUT2D eigenvalue weighted by atomic mass is 35.5. The van der Waals surface area contributed by atoms with Crippen molar-refractivity contribution in [3.05, 3.63) is 52.5 Å². The Labute approximate surface area is 161 Å². The number of anilines is 2. The Morgan fingerprint density at radius 2 is 1.73 bits per heavy atom. The van der Waals surface area contributed by atoms with Gasteiger partial charge in [-0.05, 0) is 37.3 Å². The number of hydrogen-bond donors (Lipinski definition) is 2. The van der Waals surface area contributed by atoms with Gasteiger partial charge in [0.1, 0.15) is 12.4 Å². The van der Waals surface area contributed by atoms with Crippen molar-refractivity contribution in [3.63, 3.8) is 0 Å². The van der Waals surface area contributed by atoms with E-state index < -0.39 is 6.10 Å². The molecule has 138 valence electrons. The van der Waals surface area contributed by atoms with Gasteiger partial charge < -0.3 is 20.1 Å². The summed E-state index contributed by atoms with van der Waals surface area (Å²) >= 11 is 11.8. The molecule has 0 aliphatic heterocycles. The predicted octanol–water partition coefficient (Wildman–Crippen LogP) is 3.98. The molecule has 6 nitrogen and oxygen atoms in total. The average Bonchev–Trinajstić information content (AvgIpc) is 2.55. The summed E-state index contributed by atoms with van der Waals surface area (Å²) < 4.78 is 10.5. The zero-order valence-electron chi connectivity index (χ0n) is 14.2. The number of carbonyl (C=O) groups is 2. The van der Waals surface area contributed by atoms with Crippen LogP contribution in [-0.2, 0) is 14.3 Å². The van der Waals surface area contributed by atoms with E-state index in [0.717, 1.165) is 0 Å². The molecule has 2 amide bonds. The highest BCUT2D eigenvalue weighted by molar-refractivity contribution is 6.35. The quantitative estimate of drug-likeness (QED) is 0.741. The number of rotatable bonds is 7. The molecule has 0 aromatic heterocycles. The van der Waals surface area contributed by atoms with Crippen molar-refractivity contribution in [2.75, 3.05) is 24.4 Å². The van der Waals surface area contributed by atoms with Crippen molar-refractivity contribution >= 4 is 46.4 Å². The molecule has 0 aliphatic rings. The first-order valence-electron chi connectivity index (χ1n) is 7.70. The zero-order chi connectivity index (χ0) is 19.1. The summed E-state index contributed by atoms with van der Waals surface area (Å²) in [4.78, 5) is 24.0. The van der Waals surface area contributed by atoms with Gasteiger partial charge in [-0.1, -0.05) is 35.3 Å². The lowest BCUT2D eigenvalue weighted by Gasteiger charge is -2.17. The van der Waals surface area contributed by atoms with E-state index in [1.165, 1.54) is 7.11 Å². The van der Waals surface area contributed by atoms with Crippen LogP contribution >= 0.6 is 23.2 Å². The zero-order valence-corrected chi connectivity index (χ0v) is 15.7. The van der Waals surface area contributed by atoms with Crippen LogP contribution in [0.4, 0.5) is 11.4 Å². The predicted molar refractivity (Wildman–Crippen MR) is 102 cm³/mol. The van der Waals surface area contributed by atoms with Gasteiger partial charge in [0.05, 0.1) is 5.69 Å². The summed E-state index contributed by atoms with van der Waals surface area (Å²) in [6, 6.07) is 11.5. The Morgan fingerprint density at radius 3 is 2.38 bits per heavy atom. The van der Waals surface area contributed by atoms with Crippen molar-refractivity contribution < 1.29 is 19.1 Å². The molecule has 2 rings (SSSR count). The third-order valence-electron chi connectivity index (χ3n) is 3.24. The molecule has 2 N–H and O–H groups in total. The molecule has 0 fully saturated rings. The molecule has 0 saturated carbocycles. The van der Waals surface area contributed by atoms with Crippen LogP contribution in [0.15, 0.2) is 42.5 Å². The van der Waals surface area contributed by atoms with Crippen LogP contribution in [0, 0.1) is 0 Å². The Hall–Kier alpha value is -2.28. The molecule has 2 aromatic rings. The normalized spacial score (nSPS) is 11.5. The third kappa shape index (κ3) is 5.91. The van der Waals surface area contributed by atoms with Crippen LogP contribution < -0.4 is 15.4 Å². The average molecular weight is 397 g/mol. The van der Waals surface area contributed by atoms with Gasteiger partial charge in [0, 0.05) is 22.8 Å². The molecule has 0 radical (unpaired) electrons. The van der Waals surface area contributed by atoms with Crippen LogP contribution in [0.2, 0.25) is 10.0 Å². The number of nitrogens with one attached hydrogen (secondary N) is 2. The molecule has 0 spiro atoms. The van der Waals surface area contributed by atoms with Crippen LogP contribution in [0.3, 0.4) is 0 Å². The molecule has 26 heavy (non-hydrogen) atoms. The smallest absolute Gasteiger partial charge is 0.265 e. The van der Waals surface area contributed by atoms with E-state index in [9.17, 15) is 9.59 Å². The number of benzene rings is 2. The first-order valence-corrected chi connectivity index (χ1v) is 8.46. The van der Waals surface area contributed by atoms with Gasteiger partial charge in [0.2, 0.25) is 5.91 Å². The minimum absolute atomic E-state index is 0.0834.